The van der Waals surface area contributed by atoms with Crippen molar-refractivity contribution in [2.45, 2.75) is 13.0 Å². The Morgan fingerprint density at radius 3 is 2.43 bits per heavy atom. The van der Waals surface area contributed by atoms with Crippen molar-refractivity contribution in [2.75, 3.05) is 4.90 Å². The van der Waals surface area contributed by atoms with Crippen molar-refractivity contribution in [3.8, 4) is 11.1 Å². The molecule has 1 N–H and O–H groups in total. The number of aliphatic hydroxyl groups is 1. The third-order valence-electron chi connectivity index (χ3n) is 6.30. The summed E-state index contributed by atoms with van der Waals surface area (Å²) in [6.45, 7) is 1.71. The summed E-state index contributed by atoms with van der Waals surface area (Å²) >= 11 is 1.11. The van der Waals surface area contributed by atoms with Crippen LogP contribution in [0.4, 0.5) is 9.52 Å². The number of furan rings is 1. The minimum atomic E-state index is -0.958. The molecule has 6 rings (SSSR count). The van der Waals surface area contributed by atoms with Crippen LogP contribution in [0.5, 0.6) is 0 Å². The molecule has 5 aromatic rings. The molecule has 0 saturated carbocycles. The molecule has 0 aliphatic carbocycles. The van der Waals surface area contributed by atoms with Gasteiger partial charge in [0.2, 0.25) is 5.78 Å². The van der Waals surface area contributed by atoms with E-state index < -0.39 is 29.3 Å². The first-order valence-corrected chi connectivity index (χ1v) is 12.3. The number of Topliss-reactive ketones (excluding diaryl/α,β-unsaturated/α-hetero) is 1. The number of hydrogen-bond acceptors (Lipinski definition) is 6. The van der Waals surface area contributed by atoms with Crippen LogP contribution in [0.2, 0.25) is 0 Å². The molecule has 8 heteroatoms. The number of aliphatic hydroxyl groups excluding tert-OH is 1. The van der Waals surface area contributed by atoms with Crippen molar-refractivity contribution in [2.24, 2.45) is 0 Å². The standard InChI is InChI=1S/C29H19FN2O4S/c1-16-7-14-22(36-16)26(33)24-25(19-10-8-18(9-11-19)17-5-3-2-4-6-17)32(28(35)27(24)34)29-31-21-13-12-20(30)15-23(21)37-29/h2-15,25,34H,1H3. The molecule has 1 unspecified atom stereocenters. The van der Waals surface area contributed by atoms with E-state index in [9.17, 15) is 19.1 Å². The molecule has 2 aromatic heterocycles. The van der Waals surface area contributed by atoms with Crippen molar-refractivity contribution in [1.82, 2.24) is 4.98 Å². The first-order valence-electron chi connectivity index (χ1n) is 11.5. The normalized spacial score (nSPS) is 15.7. The van der Waals surface area contributed by atoms with E-state index in [0.29, 0.717) is 21.5 Å². The molecule has 1 atom stereocenters. The molecule has 3 aromatic carbocycles. The molecule has 0 bridgehead atoms. The highest BCUT2D eigenvalue weighted by molar-refractivity contribution is 7.22. The summed E-state index contributed by atoms with van der Waals surface area (Å²) in [5.74, 6) is -1.89. The number of carbonyl (C=O) groups is 2. The second-order valence-electron chi connectivity index (χ2n) is 8.68. The van der Waals surface area contributed by atoms with Crippen LogP contribution in [0, 0.1) is 12.7 Å². The quantitative estimate of drug-likeness (QED) is 0.263. The average Bonchev–Trinajstić information content (AvgIpc) is 3.60. The Morgan fingerprint density at radius 1 is 1.00 bits per heavy atom. The number of thiazole rings is 1. The lowest BCUT2D eigenvalue weighted by Crippen LogP contribution is -2.30. The van der Waals surface area contributed by atoms with Crippen molar-refractivity contribution in [3.63, 3.8) is 0 Å². The van der Waals surface area contributed by atoms with Crippen LogP contribution in [0.1, 0.15) is 27.9 Å². The fourth-order valence-electron chi connectivity index (χ4n) is 4.52. The van der Waals surface area contributed by atoms with Crippen molar-refractivity contribution >= 4 is 38.4 Å². The third kappa shape index (κ3) is 3.91. The fraction of sp³-hybridized carbons (Fsp3) is 0.0690. The second kappa shape index (κ2) is 8.83. The Balaban J connectivity index is 1.49. The van der Waals surface area contributed by atoms with Gasteiger partial charge in [-0.2, -0.15) is 0 Å². The number of anilines is 1. The van der Waals surface area contributed by atoms with Gasteiger partial charge in [0.1, 0.15) is 11.6 Å². The number of ketones is 1. The SMILES string of the molecule is Cc1ccc(C(=O)C2=C(O)C(=O)N(c3nc4ccc(F)cc4s3)C2c2ccc(-c3ccccc3)cc2)o1. The monoisotopic (exact) mass is 510 g/mol. The lowest BCUT2D eigenvalue weighted by molar-refractivity contribution is -0.117. The van der Waals surface area contributed by atoms with Gasteiger partial charge in [-0.3, -0.25) is 14.5 Å². The number of amides is 1. The fourth-order valence-corrected chi connectivity index (χ4v) is 5.53. The molecule has 0 spiro atoms. The molecule has 182 valence electrons. The summed E-state index contributed by atoms with van der Waals surface area (Å²) < 4.78 is 19.9. The average molecular weight is 511 g/mol. The van der Waals surface area contributed by atoms with Crippen LogP contribution < -0.4 is 4.90 Å². The molecule has 1 aliphatic rings. The summed E-state index contributed by atoms with van der Waals surface area (Å²) in [4.78, 5) is 32.7. The number of rotatable bonds is 5. The molecular weight excluding hydrogens is 491 g/mol. The van der Waals surface area contributed by atoms with E-state index >= 15 is 0 Å². The Morgan fingerprint density at radius 2 is 1.73 bits per heavy atom. The maximum atomic E-state index is 13.8. The molecule has 0 fully saturated rings. The lowest BCUT2D eigenvalue weighted by atomic mass is 9.93. The van der Waals surface area contributed by atoms with Crippen LogP contribution in [-0.2, 0) is 4.79 Å². The molecule has 0 radical (unpaired) electrons. The predicted octanol–water partition coefficient (Wildman–Crippen LogP) is 6.79. The largest absolute Gasteiger partial charge is 0.503 e. The summed E-state index contributed by atoms with van der Waals surface area (Å²) in [6.07, 6.45) is 0. The smallest absolute Gasteiger partial charge is 0.296 e. The highest BCUT2D eigenvalue weighted by Crippen LogP contribution is 2.44. The van der Waals surface area contributed by atoms with E-state index in [1.165, 1.54) is 29.2 Å². The number of benzene rings is 3. The number of halogens is 1. The first kappa shape index (κ1) is 22.9. The molecule has 1 amide bonds. The van der Waals surface area contributed by atoms with Gasteiger partial charge in [-0.05, 0) is 53.9 Å². The van der Waals surface area contributed by atoms with Gasteiger partial charge in [-0.1, -0.05) is 65.9 Å². The Labute approximate surface area is 214 Å². The zero-order valence-electron chi connectivity index (χ0n) is 19.5. The maximum absolute atomic E-state index is 13.8. The summed E-state index contributed by atoms with van der Waals surface area (Å²) in [7, 11) is 0. The van der Waals surface area contributed by atoms with Crippen molar-refractivity contribution in [1.29, 1.82) is 0 Å². The molecule has 37 heavy (non-hydrogen) atoms. The zero-order valence-corrected chi connectivity index (χ0v) is 20.3. The Kier molecular flexibility index (Phi) is 5.46. The van der Waals surface area contributed by atoms with Crippen molar-refractivity contribution in [3.05, 3.63) is 119 Å². The number of fused-ring (bicyclic) bond motifs is 1. The number of hydrogen-bond donors (Lipinski definition) is 1. The number of aromatic nitrogens is 1. The van der Waals surface area contributed by atoms with Gasteiger partial charge in [-0.15, -0.1) is 0 Å². The van der Waals surface area contributed by atoms with Gasteiger partial charge in [0, 0.05) is 0 Å². The van der Waals surface area contributed by atoms with E-state index in [4.69, 9.17) is 4.42 Å². The maximum Gasteiger partial charge on any atom is 0.296 e. The molecule has 1 aliphatic heterocycles. The lowest BCUT2D eigenvalue weighted by Gasteiger charge is -2.24. The molecule has 0 saturated heterocycles. The van der Waals surface area contributed by atoms with Gasteiger partial charge in [0.15, 0.2) is 16.7 Å². The molecule has 6 nitrogen and oxygen atoms in total. The Bertz CT molecular complexity index is 1700. The number of carbonyl (C=O) groups excluding carboxylic acids is 2. The van der Waals surface area contributed by atoms with Gasteiger partial charge in [0.05, 0.1) is 21.8 Å². The minimum Gasteiger partial charge on any atom is -0.503 e. The Hall–Kier alpha value is -4.56. The van der Waals surface area contributed by atoms with Gasteiger partial charge < -0.3 is 9.52 Å². The second-order valence-corrected chi connectivity index (χ2v) is 9.69. The zero-order chi connectivity index (χ0) is 25.7. The number of aryl methyl sites for hydroxylation is 1. The molecular formula is C29H19FN2O4S. The highest BCUT2D eigenvalue weighted by Gasteiger charge is 2.46. The topological polar surface area (TPSA) is 83.6 Å². The van der Waals surface area contributed by atoms with E-state index in [1.807, 2.05) is 54.6 Å². The first-order chi connectivity index (χ1) is 17.9. The summed E-state index contributed by atoms with van der Waals surface area (Å²) in [5, 5.41) is 11.2. The van der Waals surface area contributed by atoms with Crippen LogP contribution in [-0.4, -0.2) is 21.8 Å². The molecule has 3 heterocycles. The summed E-state index contributed by atoms with van der Waals surface area (Å²) in [5.41, 5.74) is 2.99. The van der Waals surface area contributed by atoms with Crippen LogP contribution in [0.15, 0.2) is 101 Å². The van der Waals surface area contributed by atoms with Crippen molar-refractivity contribution < 1.29 is 23.5 Å². The predicted molar refractivity (Wildman–Crippen MR) is 139 cm³/mol. The van der Waals surface area contributed by atoms with Gasteiger partial charge >= 0.3 is 0 Å². The third-order valence-corrected chi connectivity index (χ3v) is 7.31. The summed E-state index contributed by atoms with van der Waals surface area (Å²) in [6, 6.07) is 23.6. The van der Waals surface area contributed by atoms with E-state index in [0.717, 1.165) is 22.5 Å². The van der Waals surface area contributed by atoms with Gasteiger partial charge in [0.25, 0.3) is 5.91 Å². The van der Waals surface area contributed by atoms with Gasteiger partial charge in [-0.25, -0.2) is 9.37 Å². The van der Waals surface area contributed by atoms with Crippen LogP contribution in [0.25, 0.3) is 21.3 Å². The minimum absolute atomic E-state index is 0.0194. The van der Waals surface area contributed by atoms with Crippen LogP contribution >= 0.6 is 11.3 Å². The highest BCUT2D eigenvalue weighted by atomic mass is 32.1. The van der Waals surface area contributed by atoms with E-state index in [-0.39, 0.29) is 16.5 Å². The van der Waals surface area contributed by atoms with Crippen LogP contribution in [0.3, 0.4) is 0 Å². The number of nitrogens with zero attached hydrogens (tertiary/aromatic N) is 2. The van der Waals surface area contributed by atoms with E-state index in [2.05, 4.69) is 4.98 Å². The van der Waals surface area contributed by atoms with E-state index in [1.54, 1.807) is 13.0 Å².